The SMILES string of the molecule is Cc1nn(CC2CC(F)(F)C2)c(=O)c2sccc12. The van der Waals surface area contributed by atoms with E-state index in [-0.39, 0.29) is 24.3 Å². The third-order valence-electron chi connectivity index (χ3n) is 3.36. The van der Waals surface area contributed by atoms with Gasteiger partial charge in [0, 0.05) is 24.8 Å². The van der Waals surface area contributed by atoms with Gasteiger partial charge in [0.25, 0.3) is 5.56 Å². The highest BCUT2D eigenvalue weighted by atomic mass is 32.1. The van der Waals surface area contributed by atoms with E-state index in [0.717, 1.165) is 11.1 Å². The second kappa shape index (κ2) is 3.85. The van der Waals surface area contributed by atoms with Crippen molar-refractivity contribution in [1.29, 1.82) is 0 Å². The molecule has 0 aliphatic heterocycles. The van der Waals surface area contributed by atoms with Gasteiger partial charge in [-0.05, 0) is 24.3 Å². The number of aromatic nitrogens is 2. The van der Waals surface area contributed by atoms with E-state index < -0.39 is 5.92 Å². The topological polar surface area (TPSA) is 34.9 Å². The molecule has 0 aromatic carbocycles. The van der Waals surface area contributed by atoms with Crippen molar-refractivity contribution in [1.82, 2.24) is 9.78 Å². The first-order chi connectivity index (χ1) is 8.46. The molecule has 3 nitrogen and oxygen atoms in total. The van der Waals surface area contributed by atoms with Crippen LogP contribution in [0.1, 0.15) is 18.5 Å². The number of alkyl halides is 2. The first kappa shape index (κ1) is 11.8. The third kappa shape index (κ3) is 1.84. The predicted octanol–water partition coefficient (Wildman–Crippen LogP) is 2.81. The Labute approximate surface area is 106 Å². The fraction of sp³-hybridized carbons (Fsp3) is 0.500. The molecule has 0 radical (unpaired) electrons. The number of nitrogens with zero attached hydrogens (tertiary/aromatic N) is 2. The smallest absolute Gasteiger partial charge is 0.266 e. The number of halogens is 2. The number of hydrogen-bond acceptors (Lipinski definition) is 3. The molecule has 0 saturated heterocycles. The lowest BCUT2D eigenvalue weighted by Gasteiger charge is -2.34. The number of rotatable bonds is 2. The Hall–Kier alpha value is -1.30. The fourth-order valence-electron chi connectivity index (χ4n) is 2.44. The van der Waals surface area contributed by atoms with Crippen LogP contribution in [0.5, 0.6) is 0 Å². The van der Waals surface area contributed by atoms with E-state index in [9.17, 15) is 13.6 Å². The molecule has 2 aromatic rings. The number of aryl methyl sites for hydroxylation is 1. The molecule has 2 aromatic heterocycles. The highest BCUT2D eigenvalue weighted by Gasteiger charge is 2.45. The Morgan fingerprint density at radius 1 is 1.56 bits per heavy atom. The van der Waals surface area contributed by atoms with Gasteiger partial charge in [-0.2, -0.15) is 5.10 Å². The monoisotopic (exact) mass is 270 g/mol. The maximum atomic E-state index is 12.8. The van der Waals surface area contributed by atoms with Crippen LogP contribution >= 0.6 is 11.3 Å². The van der Waals surface area contributed by atoms with Crippen LogP contribution in [0.2, 0.25) is 0 Å². The molecular formula is C12H12F2N2OS. The molecule has 3 rings (SSSR count). The maximum Gasteiger partial charge on any atom is 0.284 e. The molecule has 0 spiro atoms. The second-order valence-corrected chi connectivity index (χ2v) is 5.78. The van der Waals surface area contributed by atoms with E-state index >= 15 is 0 Å². The Balaban J connectivity index is 1.93. The lowest BCUT2D eigenvalue weighted by molar-refractivity contribution is -0.115. The summed E-state index contributed by atoms with van der Waals surface area (Å²) in [6.07, 6.45) is -0.273. The molecule has 0 N–H and O–H groups in total. The summed E-state index contributed by atoms with van der Waals surface area (Å²) in [5.41, 5.74) is 0.609. The molecule has 0 bridgehead atoms. The quantitative estimate of drug-likeness (QED) is 0.841. The molecule has 1 aliphatic rings. The van der Waals surface area contributed by atoms with E-state index in [1.165, 1.54) is 16.0 Å². The highest BCUT2D eigenvalue weighted by Crippen LogP contribution is 2.42. The summed E-state index contributed by atoms with van der Waals surface area (Å²) in [7, 11) is 0. The summed E-state index contributed by atoms with van der Waals surface area (Å²) in [5, 5.41) is 6.92. The van der Waals surface area contributed by atoms with Crippen molar-refractivity contribution >= 4 is 21.4 Å². The summed E-state index contributed by atoms with van der Waals surface area (Å²) in [6, 6.07) is 1.87. The van der Waals surface area contributed by atoms with Gasteiger partial charge in [0.05, 0.1) is 5.69 Å². The van der Waals surface area contributed by atoms with Crippen LogP contribution in [-0.4, -0.2) is 15.7 Å². The lowest BCUT2D eigenvalue weighted by atomic mass is 9.81. The van der Waals surface area contributed by atoms with Crippen molar-refractivity contribution in [3.05, 3.63) is 27.5 Å². The van der Waals surface area contributed by atoms with Crippen LogP contribution in [0.3, 0.4) is 0 Å². The Morgan fingerprint density at radius 2 is 2.28 bits per heavy atom. The zero-order valence-electron chi connectivity index (χ0n) is 9.82. The van der Waals surface area contributed by atoms with E-state index in [2.05, 4.69) is 5.10 Å². The van der Waals surface area contributed by atoms with Crippen molar-refractivity contribution in [2.75, 3.05) is 0 Å². The molecule has 6 heteroatoms. The van der Waals surface area contributed by atoms with Crippen molar-refractivity contribution in [3.8, 4) is 0 Å². The normalized spacial score (nSPS) is 19.1. The van der Waals surface area contributed by atoms with Crippen molar-refractivity contribution in [2.24, 2.45) is 5.92 Å². The van der Waals surface area contributed by atoms with Gasteiger partial charge in [0.1, 0.15) is 4.70 Å². The minimum atomic E-state index is -2.55. The van der Waals surface area contributed by atoms with E-state index in [1.54, 1.807) is 0 Å². The van der Waals surface area contributed by atoms with Crippen molar-refractivity contribution in [3.63, 3.8) is 0 Å². The van der Waals surface area contributed by atoms with Crippen LogP contribution < -0.4 is 5.56 Å². The second-order valence-electron chi connectivity index (χ2n) is 4.87. The highest BCUT2D eigenvalue weighted by molar-refractivity contribution is 7.17. The molecule has 0 amide bonds. The first-order valence-electron chi connectivity index (χ1n) is 5.79. The first-order valence-corrected chi connectivity index (χ1v) is 6.67. The third-order valence-corrected chi connectivity index (χ3v) is 4.26. The summed E-state index contributed by atoms with van der Waals surface area (Å²) in [6.45, 7) is 2.13. The maximum absolute atomic E-state index is 12.8. The van der Waals surface area contributed by atoms with Gasteiger partial charge >= 0.3 is 0 Å². The van der Waals surface area contributed by atoms with Gasteiger partial charge in [0.15, 0.2) is 0 Å². The van der Waals surface area contributed by atoms with Gasteiger partial charge in [-0.1, -0.05) is 0 Å². The largest absolute Gasteiger partial charge is 0.284 e. The predicted molar refractivity (Wildman–Crippen MR) is 66.3 cm³/mol. The molecule has 0 atom stereocenters. The number of thiophene rings is 1. The standard InChI is InChI=1S/C12H12F2N2OS/c1-7-9-2-3-18-10(9)11(17)16(15-7)6-8-4-12(13,14)5-8/h2-3,8H,4-6H2,1H3. The zero-order chi connectivity index (χ0) is 12.9. The summed E-state index contributed by atoms with van der Waals surface area (Å²) in [5.74, 6) is -2.68. The van der Waals surface area contributed by atoms with Gasteiger partial charge in [0.2, 0.25) is 5.92 Å². The minimum absolute atomic E-state index is 0.136. The fourth-order valence-corrected chi connectivity index (χ4v) is 3.33. The summed E-state index contributed by atoms with van der Waals surface area (Å²) < 4.78 is 27.5. The van der Waals surface area contributed by atoms with Crippen LogP contribution in [0.15, 0.2) is 16.2 Å². The summed E-state index contributed by atoms with van der Waals surface area (Å²) in [4.78, 5) is 12.1. The van der Waals surface area contributed by atoms with Gasteiger partial charge in [-0.25, -0.2) is 13.5 Å². The van der Waals surface area contributed by atoms with Crippen molar-refractivity contribution in [2.45, 2.75) is 32.2 Å². The summed E-state index contributed by atoms with van der Waals surface area (Å²) >= 11 is 1.37. The Bertz CT molecular complexity index is 654. The molecule has 18 heavy (non-hydrogen) atoms. The van der Waals surface area contributed by atoms with Crippen LogP contribution in [0, 0.1) is 12.8 Å². The molecule has 0 unspecified atom stereocenters. The number of hydrogen-bond donors (Lipinski definition) is 0. The van der Waals surface area contributed by atoms with E-state index in [0.29, 0.717) is 11.2 Å². The van der Waals surface area contributed by atoms with Gasteiger partial charge < -0.3 is 0 Å². The average molecular weight is 270 g/mol. The van der Waals surface area contributed by atoms with Gasteiger partial charge in [-0.3, -0.25) is 4.79 Å². The van der Waals surface area contributed by atoms with Crippen LogP contribution in [-0.2, 0) is 6.54 Å². The molecular weight excluding hydrogens is 258 g/mol. The van der Waals surface area contributed by atoms with Crippen molar-refractivity contribution < 1.29 is 8.78 Å². The Morgan fingerprint density at radius 3 is 2.94 bits per heavy atom. The zero-order valence-corrected chi connectivity index (χ0v) is 10.6. The molecule has 2 heterocycles. The molecule has 1 fully saturated rings. The van der Waals surface area contributed by atoms with E-state index in [1.807, 2.05) is 18.4 Å². The van der Waals surface area contributed by atoms with Crippen LogP contribution in [0.25, 0.3) is 10.1 Å². The number of fused-ring (bicyclic) bond motifs is 1. The van der Waals surface area contributed by atoms with Crippen LogP contribution in [0.4, 0.5) is 8.78 Å². The lowest BCUT2D eigenvalue weighted by Crippen LogP contribution is -2.40. The molecule has 96 valence electrons. The van der Waals surface area contributed by atoms with Gasteiger partial charge in [-0.15, -0.1) is 11.3 Å². The van der Waals surface area contributed by atoms with E-state index in [4.69, 9.17) is 0 Å². The average Bonchev–Trinajstić information content (AvgIpc) is 2.72. The minimum Gasteiger partial charge on any atom is -0.266 e. The molecule has 1 aliphatic carbocycles. The molecule has 1 saturated carbocycles. The Kier molecular flexibility index (Phi) is 2.52.